The van der Waals surface area contributed by atoms with Crippen LogP contribution >= 0.6 is 34.2 Å². The number of rotatable bonds is 7. The summed E-state index contributed by atoms with van der Waals surface area (Å²) in [6.07, 6.45) is 1.43. The molecule has 154 valence electrons. The summed E-state index contributed by atoms with van der Waals surface area (Å²) in [7, 11) is 1.45. The van der Waals surface area contributed by atoms with E-state index in [0.29, 0.717) is 25.5 Å². The van der Waals surface area contributed by atoms with Crippen LogP contribution in [0.25, 0.3) is 0 Å². The number of methoxy groups -OCH3 is 1. The van der Waals surface area contributed by atoms with Gasteiger partial charge in [0, 0.05) is 10.6 Å². The fraction of sp³-hybridized carbons (Fsp3) is 0.250. The smallest absolute Gasteiger partial charge is 0.262 e. The summed E-state index contributed by atoms with van der Waals surface area (Å²) in [6.45, 7) is 3.65. The van der Waals surface area contributed by atoms with Crippen LogP contribution in [0.2, 0.25) is 5.02 Å². The lowest BCUT2D eigenvalue weighted by atomic mass is 10.0. The van der Waals surface area contributed by atoms with Crippen LogP contribution in [0.3, 0.4) is 0 Å². The molecule has 2 aromatic carbocycles. The quantitative estimate of drug-likeness (QED) is 0.290. The van der Waals surface area contributed by atoms with Gasteiger partial charge < -0.3 is 15.2 Å². The molecular formula is C20H21ClIN3O4. The number of phenolic OH excluding ortho intramolecular Hbond substituents is 1. The summed E-state index contributed by atoms with van der Waals surface area (Å²) < 4.78 is 5.69. The second-order valence-corrected chi connectivity index (χ2v) is 8.09. The Kier molecular flexibility index (Phi) is 8.27. The monoisotopic (exact) mass is 529 g/mol. The second kappa shape index (κ2) is 10.4. The maximum Gasteiger partial charge on any atom is 0.262 e. The van der Waals surface area contributed by atoms with E-state index in [4.69, 9.17) is 16.3 Å². The van der Waals surface area contributed by atoms with Crippen molar-refractivity contribution >= 4 is 52.2 Å². The van der Waals surface area contributed by atoms with Crippen LogP contribution in [-0.2, 0) is 4.79 Å². The zero-order chi connectivity index (χ0) is 21.6. The Bertz CT molecular complexity index is 917. The Balaban J connectivity index is 2.06. The van der Waals surface area contributed by atoms with Crippen molar-refractivity contribution < 1.29 is 19.4 Å². The van der Waals surface area contributed by atoms with Gasteiger partial charge in [-0.05, 0) is 70.5 Å². The van der Waals surface area contributed by atoms with Gasteiger partial charge in [0.1, 0.15) is 6.04 Å². The molecule has 29 heavy (non-hydrogen) atoms. The van der Waals surface area contributed by atoms with E-state index in [-0.39, 0.29) is 17.6 Å². The van der Waals surface area contributed by atoms with Crippen LogP contribution in [0.4, 0.5) is 0 Å². The molecule has 0 heterocycles. The molecule has 0 fully saturated rings. The standard InChI is InChI=1S/C20H21ClIN3O4/c1-11(2)17(24-19(27)13-4-6-14(21)7-5-13)20(28)25-23-10-12-8-15(22)18(26)16(9-12)29-3/h4-11,17,26H,1-3H3,(H,24,27)(H,25,28). The van der Waals surface area contributed by atoms with E-state index in [1.165, 1.54) is 13.3 Å². The van der Waals surface area contributed by atoms with Crippen LogP contribution < -0.4 is 15.5 Å². The van der Waals surface area contributed by atoms with Crippen molar-refractivity contribution in [2.45, 2.75) is 19.9 Å². The summed E-state index contributed by atoms with van der Waals surface area (Å²) in [5.41, 5.74) is 3.48. The molecule has 2 amide bonds. The number of hydrogen-bond donors (Lipinski definition) is 3. The van der Waals surface area contributed by atoms with Gasteiger partial charge in [0.05, 0.1) is 16.9 Å². The fourth-order valence-electron chi connectivity index (χ4n) is 2.42. The number of aromatic hydroxyl groups is 1. The zero-order valence-electron chi connectivity index (χ0n) is 16.1. The first-order valence-corrected chi connectivity index (χ1v) is 10.1. The highest BCUT2D eigenvalue weighted by Gasteiger charge is 2.24. The summed E-state index contributed by atoms with van der Waals surface area (Å²) >= 11 is 7.80. The number of carbonyl (C=O) groups excluding carboxylic acids is 2. The Hall–Kier alpha value is -2.33. The first-order valence-electron chi connectivity index (χ1n) is 8.68. The van der Waals surface area contributed by atoms with Crippen LogP contribution in [0.1, 0.15) is 29.8 Å². The Morgan fingerprint density at radius 2 is 1.90 bits per heavy atom. The first kappa shape index (κ1) is 23.0. The van der Waals surface area contributed by atoms with Crippen molar-refractivity contribution in [3.63, 3.8) is 0 Å². The third-order valence-electron chi connectivity index (χ3n) is 4.00. The minimum absolute atomic E-state index is 0.0408. The summed E-state index contributed by atoms with van der Waals surface area (Å²) in [4.78, 5) is 24.9. The molecule has 0 bridgehead atoms. The second-order valence-electron chi connectivity index (χ2n) is 6.49. The van der Waals surface area contributed by atoms with Crippen molar-refractivity contribution in [1.29, 1.82) is 0 Å². The predicted octanol–water partition coefficient (Wildman–Crippen LogP) is 3.56. The third-order valence-corrected chi connectivity index (χ3v) is 5.08. The Morgan fingerprint density at radius 1 is 1.24 bits per heavy atom. The van der Waals surface area contributed by atoms with Crippen LogP contribution in [-0.4, -0.2) is 36.3 Å². The number of hydrogen-bond acceptors (Lipinski definition) is 5. The van der Waals surface area contributed by atoms with Crippen molar-refractivity contribution in [3.05, 3.63) is 56.1 Å². The number of nitrogens with zero attached hydrogens (tertiary/aromatic N) is 1. The molecule has 0 aliphatic rings. The average Bonchev–Trinajstić information content (AvgIpc) is 2.68. The van der Waals surface area contributed by atoms with Crippen molar-refractivity contribution in [3.8, 4) is 11.5 Å². The maximum absolute atomic E-state index is 12.5. The number of nitrogens with one attached hydrogen (secondary N) is 2. The SMILES string of the molecule is COc1cc(C=NNC(=O)C(NC(=O)c2ccc(Cl)cc2)C(C)C)cc(I)c1O. The first-order chi connectivity index (χ1) is 13.7. The van der Waals surface area contributed by atoms with E-state index >= 15 is 0 Å². The minimum Gasteiger partial charge on any atom is -0.504 e. The molecule has 0 spiro atoms. The molecule has 0 aliphatic carbocycles. The topological polar surface area (TPSA) is 100 Å². The number of hydrazone groups is 1. The van der Waals surface area contributed by atoms with Gasteiger partial charge in [0.15, 0.2) is 11.5 Å². The number of ether oxygens (including phenoxy) is 1. The van der Waals surface area contributed by atoms with E-state index in [2.05, 4.69) is 15.8 Å². The molecule has 0 radical (unpaired) electrons. The van der Waals surface area contributed by atoms with Crippen LogP contribution in [0, 0.1) is 9.49 Å². The highest BCUT2D eigenvalue weighted by molar-refractivity contribution is 14.1. The lowest BCUT2D eigenvalue weighted by molar-refractivity contribution is -0.123. The van der Waals surface area contributed by atoms with Gasteiger partial charge in [-0.25, -0.2) is 5.43 Å². The third kappa shape index (κ3) is 6.33. The number of amides is 2. The van der Waals surface area contributed by atoms with Crippen LogP contribution in [0.5, 0.6) is 11.5 Å². The van der Waals surface area contributed by atoms with Crippen molar-refractivity contribution in [2.24, 2.45) is 11.0 Å². The van der Waals surface area contributed by atoms with Gasteiger partial charge in [-0.2, -0.15) is 5.10 Å². The lowest BCUT2D eigenvalue weighted by Gasteiger charge is -2.20. The van der Waals surface area contributed by atoms with E-state index in [1.54, 1.807) is 36.4 Å². The molecule has 2 rings (SSSR count). The Labute approximate surface area is 187 Å². The molecule has 7 nitrogen and oxygen atoms in total. The fourth-order valence-corrected chi connectivity index (χ4v) is 3.18. The van der Waals surface area contributed by atoms with Gasteiger partial charge in [0.2, 0.25) is 0 Å². The van der Waals surface area contributed by atoms with E-state index in [1.807, 2.05) is 36.4 Å². The van der Waals surface area contributed by atoms with E-state index < -0.39 is 11.9 Å². The molecule has 0 aliphatic heterocycles. The average molecular weight is 530 g/mol. The highest BCUT2D eigenvalue weighted by Crippen LogP contribution is 2.31. The molecule has 2 aromatic rings. The minimum atomic E-state index is -0.773. The molecule has 0 saturated carbocycles. The summed E-state index contributed by atoms with van der Waals surface area (Å²) in [5.74, 6) is -0.633. The molecule has 1 unspecified atom stereocenters. The number of carbonyl (C=O) groups is 2. The normalized spacial score (nSPS) is 12.1. The van der Waals surface area contributed by atoms with E-state index in [0.717, 1.165) is 0 Å². The summed E-state index contributed by atoms with van der Waals surface area (Å²) in [5, 5.41) is 17.1. The van der Waals surface area contributed by atoms with E-state index in [9.17, 15) is 14.7 Å². The number of phenols is 1. The molecule has 9 heteroatoms. The van der Waals surface area contributed by atoms with Gasteiger partial charge in [-0.3, -0.25) is 9.59 Å². The molecule has 1 atom stereocenters. The molecule has 3 N–H and O–H groups in total. The highest BCUT2D eigenvalue weighted by atomic mass is 127. The van der Waals surface area contributed by atoms with Crippen molar-refractivity contribution in [1.82, 2.24) is 10.7 Å². The van der Waals surface area contributed by atoms with Gasteiger partial charge in [-0.15, -0.1) is 0 Å². The number of benzene rings is 2. The molecule has 0 saturated heterocycles. The van der Waals surface area contributed by atoms with Crippen LogP contribution in [0.15, 0.2) is 41.5 Å². The van der Waals surface area contributed by atoms with Gasteiger partial charge >= 0.3 is 0 Å². The summed E-state index contributed by atoms with van der Waals surface area (Å²) in [6, 6.07) is 8.91. The molecular weight excluding hydrogens is 509 g/mol. The van der Waals surface area contributed by atoms with Gasteiger partial charge in [0.25, 0.3) is 11.8 Å². The number of halogens is 2. The predicted molar refractivity (Wildman–Crippen MR) is 121 cm³/mol. The Morgan fingerprint density at radius 3 is 2.48 bits per heavy atom. The van der Waals surface area contributed by atoms with Crippen molar-refractivity contribution in [2.75, 3.05) is 7.11 Å². The van der Waals surface area contributed by atoms with Gasteiger partial charge in [-0.1, -0.05) is 25.4 Å². The molecule has 0 aromatic heterocycles. The zero-order valence-corrected chi connectivity index (χ0v) is 19.0. The largest absolute Gasteiger partial charge is 0.504 e. The maximum atomic E-state index is 12.5. The lowest BCUT2D eigenvalue weighted by Crippen LogP contribution is -2.48.